The van der Waals surface area contributed by atoms with E-state index in [4.69, 9.17) is 15.2 Å². The topological polar surface area (TPSA) is 115 Å². The lowest BCUT2D eigenvalue weighted by atomic mass is 10.1. The van der Waals surface area contributed by atoms with Gasteiger partial charge in [-0.15, -0.1) is 0 Å². The quantitative estimate of drug-likeness (QED) is 0.360. The third kappa shape index (κ3) is 15.7. The zero-order valence-electron chi connectivity index (χ0n) is 17.1. The van der Waals surface area contributed by atoms with Gasteiger partial charge in [0.25, 0.3) is 0 Å². The minimum Gasteiger partial charge on any atom is -0.444 e. The lowest BCUT2D eigenvalue weighted by Gasteiger charge is -2.22. The van der Waals surface area contributed by atoms with Crippen molar-refractivity contribution in [2.45, 2.75) is 84.8 Å². The maximum absolute atomic E-state index is 11.9. The number of nitrogens with two attached hydrogens (primary N) is 1. The molecule has 8 nitrogen and oxygen atoms in total. The second-order valence-corrected chi connectivity index (χ2v) is 8.04. The molecule has 0 aliphatic carbocycles. The molecule has 2 amide bonds. The van der Waals surface area contributed by atoms with Gasteiger partial charge in [0.15, 0.2) is 0 Å². The Balaban J connectivity index is 4.64. The Morgan fingerprint density at radius 3 is 1.65 bits per heavy atom. The molecule has 0 atom stereocenters. The normalized spacial score (nSPS) is 11.5. The van der Waals surface area contributed by atoms with Crippen LogP contribution in [0.25, 0.3) is 0 Å². The first-order valence-electron chi connectivity index (χ1n) is 9.17. The molecule has 152 valence electrons. The predicted octanol–water partition coefficient (Wildman–Crippen LogP) is 3.30. The van der Waals surface area contributed by atoms with Crippen molar-refractivity contribution < 1.29 is 19.1 Å². The van der Waals surface area contributed by atoms with Gasteiger partial charge in [-0.2, -0.15) is 0 Å². The van der Waals surface area contributed by atoms with Gasteiger partial charge in [0.05, 0.1) is 0 Å². The molecule has 0 saturated heterocycles. The van der Waals surface area contributed by atoms with Crippen molar-refractivity contribution >= 4 is 18.1 Å². The average Bonchev–Trinajstić information content (AvgIpc) is 2.41. The Bertz CT molecular complexity index is 433. The van der Waals surface area contributed by atoms with Gasteiger partial charge in [-0.1, -0.05) is 19.3 Å². The molecule has 0 rings (SSSR count). The van der Waals surface area contributed by atoms with Crippen LogP contribution >= 0.6 is 0 Å². The molecule has 0 aromatic heterocycles. The molecule has 0 aliphatic heterocycles. The number of rotatable bonds is 7. The fraction of sp³-hybridized carbons (Fsp3) is 0.833. The Labute approximate surface area is 157 Å². The molecular formula is C18H36N4O4. The fourth-order valence-electron chi connectivity index (χ4n) is 1.89. The number of nitrogens with zero attached hydrogens (tertiary/aromatic N) is 1. The van der Waals surface area contributed by atoms with Crippen molar-refractivity contribution in [3.8, 4) is 0 Å². The number of carbonyl (C=O) groups is 2. The van der Waals surface area contributed by atoms with E-state index in [-0.39, 0.29) is 5.96 Å². The van der Waals surface area contributed by atoms with Crippen LogP contribution in [-0.2, 0) is 9.47 Å². The number of amides is 2. The van der Waals surface area contributed by atoms with Gasteiger partial charge in [-0.05, 0) is 60.9 Å². The van der Waals surface area contributed by atoms with Gasteiger partial charge in [0.1, 0.15) is 11.2 Å². The first-order chi connectivity index (χ1) is 11.9. The van der Waals surface area contributed by atoms with E-state index in [1.807, 2.05) is 0 Å². The average molecular weight is 373 g/mol. The van der Waals surface area contributed by atoms with Crippen molar-refractivity contribution in [1.29, 1.82) is 0 Å². The van der Waals surface area contributed by atoms with Crippen molar-refractivity contribution in [1.82, 2.24) is 10.6 Å². The van der Waals surface area contributed by atoms with Crippen LogP contribution in [0.2, 0.25) is 0 Å². The summed E-state index contributed by atoms with van der Waals surface area (Å²) < 4.78 is 10.4. The Hall–Kier alpha value is -1.83. The second kappa shape index (κ2) is 11.7. The summed E-state index contributed by atoms with van der Waals surface area (Å²) in [6.45, 7) is 11.7. The summed E-state index contributed by atoms with van der Waals surface area (Å²) in [6.07, 6.45) is 3.69. The van der Waals surface area contributed by atoms with Crippen LogP contribution in [0.4, 0.5) is 9.59 Å². The van der Waals surface area contributed by atoms with Gasteiger partial charge in [-0.3, -0.25) is 15.6 Å². The summed E-state index contributed by atoms with van der Waals surface area (Å²) in [5, 5.41) is 4.92. The standard InChI is InChI=1S/C18H36N4O4/c1-17(2,3)25-15(23)21-14(22-16(24)26-18(4,5)6)20-13-11-9-7-8-10-12-19/h7-13,19H2,1-6H3,(H2,20,21,22,23,24). The van der Waals surface area contributed by atoms with E-state index in [9.17, 15) is 9.59 Å². The third-order valence-corrected chi connectivity index (χ3v) is 2.87. The van der Waals surface area contributed by atoms with Crippen LogP contribution in [-0.4, -0.2) is 42.4 Å². The Kier molecular flexibility index (Phi) is 10.9. The number of guanidine groups is 1. The molecule has 0 aromatic carbocycles. The molecule has 0 saturated carbocycles. The minimum atomic E-state index is -0.685. The molecule has 8 heteroatoms. The number of unbranched alkanes of at least 4 members (excludes halogenated alkanes) is 4. The van der Waals surface area contributed by atoms with Crippen LogP contribution in [0, 0.1) is 0 Å². The van der Waals surface area contributed by atoms with E-state index in [1.54, 1.807) is 41.5 Å². The van der Waals surface area contributed by atoms with Crippen LogP contribution in [0.3, 0.4) is 0 Å². The lowest BCUT2D eigenvalue weighted by molar-refractivity contribution is 0.0545. The van der Waals surface area contributed by atoms with Crippen molar-refractivity contribution in [3.63, 3.8) is 0 Å². The summed E-state index contributed by atoms with van der Waals surface area (Å²) in [4.78, 5) is 28.1. The molecule has 0 aliphatic rings. The first kappa shape index (κ1) is 24.2. The van der Waals surface area contributed by atoms with E-state index in [0.717, 1.165) is 32.1 Å². The summed E-state index contributed by atoms with van der Waals surface area (Å²) in [6, 6.07) is 0. The second-order valence-electron chi connectivity index (χ2n) is 8.04. The first-order valence-corrected chi connectivity index (χ1v) is 9.17. The molecule has 0 unspecified atom stereocenters. The number of alkyl carbamates (subject to hydrolysis) is 2. The molecule has 0 aromatic rings. The lowest BCUT2D eigenvalue weighted by Crippen LogP contribution is -2.47. The Morgan fingerprint density at radius 2 is 1.23 bits per heavy atom. The molecule has 0 fully saturated rings. The highest BCUT2D eigenvalue weighted by molar-refractivity contribution is 6.01. The van der Waals surface area contributed by atoms with Gasteiger partial charge in [-0.25, -0.2) is 9.59 Å². The number of nitrogens with one attached hydrogen (secondary N) is 2. The fourth-order valence-corrected chi connectivity index (χ4v) is 1.89. The predicted molar refractivity (Wildman–Crippen MR) is 103 cm³/mol. The van der Waals surface area contributed by atoms with E-state index >= 15 is 0 Å². The highest BCUT2D eigenvalue weighted by Gasteiger charge is 2.21. The smallest absolute Gasteiger partial charge is 0.414 e. The SMILES string of the molecule is CC(C)(C)OC(=O)NC(=NCCCCCCCN)NC(=O)OC(C)(C)C. The summed E-state index contributed by atoms with van der Waals surface area (Å²) in [5.41, 5.74) is 4.17. The zero-order chi connectivity index (χ0) is 20.2. The Morgan fingerprint density at radius 1 is 0.808 bits per heavy atom. The number of aliphatic imine (C=N–C) groups is 1. The van der Waals surface area contributed by atoms with Crippen molar-refractivity contribution in [3.05, 3.63) is 0 Å². The highest BCUT2D eigenvalue weighted by Crippen LogP contribution is 2.08. The van der Waals surface area contributed by atoms with E-state index < -0.39 is 23.4 Å². The number of carbonyl (C=O) groups excluding carboxylic acids is 2. The van der Waals surface area contributed by atoms with Crippen LogP contribution < -0.4 is 16.4 Å². The molecule has 0 radical (unpaired) electrons. The van der Waals surface area contributed by atoms with Crippen molar-refractivity contribution in [2.24, 2.45) is 10.7 Å². The molecule has 0 bridgehead atoms. The highest BCUT2D eigenvalue weighted by atomic mass is 16.6. The van der Waals surface area contributed by atoms with E-state index in [0.29, 0.717) is 13.1 Å². The maximum Gasteiger partial charge on any atom is 0.414 e. The van der Waals surface area contributed by atoms with Gasteiger partial charge in [0.2, 0.25) is 5.96 Å². The van der Waals surface area contributed by atoms with Crippen LogP contribution in [0.1, 0.15) is 73.6 Å². The minimum absolute atomic E-state index is 0.0236. The van der Waals surface area contributed by atoms with Crippen LogP contribution in [0.5, 0.6) is 0 Å². The number of hydrogen-bond acceptors (Lipinski definition) is 6. The third-order valence-electron chi connectivity index (χ3n) is 2.87. The molecule has 0 spiro atoms. The molecule has 26 heavy (non-hydrogen) atoms. The van der Waals surface area contributed by atoms with Crippen molar-refractivity contribution in [2.75, 3.05) is 13.1 Å². The number of hydrogen-bond donors (Lipinski definition) is 3. The molecule has 4 N–H and O–H groups in total. The van der Waals surface area contributed by atoms with Gasteiger partial charge < -0.3 is 15.2 Å². The summed E-state index contributed by atoms with van der Waals surface area (Å²) in [7, 11) is 0. The summed E-state index contributed by atoms with van der Waals surface area (Å²) >= 11 is 0. The van der Waals surface area contributed by atoms with E-state index in [1.165, 1.54) is 0 Å². The largest absolute Gasteiger partial charge is 0.444 e. The van der Waals surface area contributed by atoms with Gasteiger partial charge in [0, 0.05) is 6.54 Å². The molecule has 0 heterocycles. The van der Waals surface area contributed by atoms with Gasteiger partial charge >= 0.3 is 12.2 Å². The molecular weight excluding hydrogens is 336 g/mol. The summed E-state index contributed by atoms with van der Waals surface area (Å²) in [5.74, 6) is 0.0236. The van der Waals surface area contributed by atoms with Crippen LogP contribution in [0.15, 0.2) is 4.99 Å². The van der Waals surface area contributed by atoms with E-state index in [2.05, 4.69) is 15.6 Å². The number of ether oxygens (including phenoxy) is 2. The maximum atomic E-state index is 11.9. The zero-order valence-corrected chi connectivity index (χ0v) is 17.1. The monoisotopic (exact) mass is 372 g/mol.